The highest BCUT2D eigenvalue weighted by Crippen LogP contribution is 2.42. The zero-order chi connectivity index (χ0) is 22.1. The van der Waals surface area contributed by atoms with E-state index in [0.717, 1.165) is 35.4 Å². The molecule has 1 amide bonds. The average molecular weight is 449 g/mol. The van der Waals surface area contributed by atoms with E-state index in [1.54, 1.807) is 41.7 Å². The smallest absolute Gasteiger partial charge is 0.343 e. The van der Waals surface area contributed by atoms with Gasteiger partial charge in [-0.3, -0.25) is 4.79 Å². The number of ether oxygens (including phenoxy) is 2. The number of amides is 1. The molecule has 2 N–H and O–H groups in total. The van der Waals surface area contributed by atoms with Crippen LogP contribution in [0.25, 0.3) is 0 Å². The van der Waals surface area contributed by atoms with Crippen molar-refractivity contribution < 1.29 is 19.1 Å². The fraction of sp³-hybridized carbons (Fsp3) is 0.280. The van der Waals surface area contributed by atoms with Crippen LogP contribution in [0.5, 0.6) is 11.5 Å². The van der Waals surface area contributed by atoms with Gasteiger partial charge in [0.15, 0.2) is 11.5 Å². The van der Waals surface area contributed by atoms with E-state index in [9.17, 15) is 9.59 Å². The third-order valence-corrected chi connectivity index (χ3v) is 6.99. The fourth-order valence-corrected chi connectivity index (χ4v) is 5.55. The van der Waals surface area contributed by atoms with E-state index in [2.05, 4.69) is 10.6 Å². The summed E-state index contributed by atoms with van der Waals surface area (Å²) in [6, 6.07) is 14.2. The second-order valence-electron chi connectivity index (χ2n) is 7.86. The van der Waals surface area contributed by atoms with Crippen molar-refractivity contribution in [2.75, 3.05) is 11.9 Å². The molecular weight excluding hydrogens is 424 g/mol. The molecule has 2 aromatic carbocycles. The zero-order valence-corrected chi connectivity index (χ0v) is 18.6. The van der Waals surface area contributed by atoms with Crippen molar-refractivity contribution >= 4 is 28.2 Å². The maximum Gasteiger partial charge on any atom is 0.343 e. The third-order valence-electron chi connectivity index (χ3n) is 5.76. The Balaban J connectivity index is 1.41. The molecule has 0 bridgehead atoms. The maximum atomic E-state index is 12.9. The van der Waals surface area contributed by atoms with Crippen molar-refractivity contribution in [1.82, 2.24) is 5.32 Å². The van der Waals surface area contributed by atoms with Crippen molar-refractivity contribution in [3.05, 3.63) is 75.7 Å². The lowest BCUT2D eigenvalue weighted by Crippen LogP contribution is -2.38. The lowest BCUT2D eigenvalue weighted by molar-refractivity contribution is 0.0728. The van der Waals surface area contributed by atoms with Crippen LogP contribution in [-0.2, 0) is 12.8 Å². The molecular formula is C25H24N2O4S. The van der Waals surface area contributed by atoms with Gasteiger partial charge in [0.1, 0.15) is 11.2 Å². The van der Waals surface area contributed by atoms with E-state index in [1.807, 2.05) is 25.1 Å². The fourth-order valence-electron chi connectivity index (χ4n) is 4.23. The highest BCUT2D eigenvalue weighted by molar-refractivity contribution is 7.16. The Morgan fingerprint density at radius 1 is 1.06 bits per heavy atom. The Morgan fingerprint density at radius 3 is 2.69 bits per heavy atom. The number of rotatable bonds is 5. The van der Waals surface area contributed by atoms with Crippen LogP contribution >= 0.6 is 11.3 Å². The number of hydrogen-bond donors (Lipinski definition) is 2. The van der Waals surface area contributed by atoms with Gasteiger partial charge in [-0.2, -0.15) is 0 Å². The Bertz CT molecular complexity index is 1170. The molecule has 3 aromatic rings. The van der Waals surface area contributed by atoms with Crippen molar-refractivity contribution in [3.8, 4) is 11.5 Å². The molecule has 0 saturated heterocycles. The monoisotopic (exact) mass is 448 g/mol. The number of benzene rings is 2. The zero-order valence-electron chi connectivity index (χ0n) is 17.8. The molecule has 0 unspecified atom stereocenters. The molecule has 1 atom stereocenters. The molecule has 6 nitrogen and oxygen atoms in total. The van der Waals surface area contributed by atoms with Crippen LogP contribution in [0, 0.1) is 0 Å². The predicted octanol–water partition coefficient (Wildman–Crippen LogP) is 5.10. The largest absolute Gasteiger partial charge is 0.490 e. The Kier molecular flexibility index (Phi) is 5.57. The van der Waals surface area contributed by atoms with E-state index in [-0.39, 0.29) is 12.1 Å². The van der Waals surface area contributed by atoms with Crippen molar-refractivity contribution in [1.29, 1.82) is 0 Å². The number of thiophene rings is 1. The summed E-state index contributed by atoms with van der Waals surface area (Å²) in [4.78, 5) is 26.7. The molecule has 5 rings (SSSR count). The summed E-state index contributed by atoms with van der Waals surface area (Å²) in [6.45, 7) is 2.30. The van der Waals surface area contributed by atoms with Crippen molar-refractivity contribution in [2.24, 2.45) is 0 Å². The molecule has 164 valence electrons. The van der Waals surface area contributed by atoms with Gasteiger partial charge in [0.2, 0.25) is 0 Å². The van der Waals surface area contributed by atoms with Gasteiger partial charge in [-0.1, -0.05) is 24.3 Å². The first-order chi connectivity index (χ1) is 15.6. The number of carbonyl (C=O) groups is 2. The molecule has 0 radical (unpaired) electrons. The Labute approximate surface area is 190 Å². The molecule has 0 saturated carbocycles. The number of hydrogen-bond acceptors (Lipinski definition) is 6. The first-order valence-electron chi connectivity index (χ1n) is 10.9. The minimum absolute atomic E-state index is 0.0410. The Morgan fingerprint density at radius 2 is 1.88 bits per heavy atom. The predicted molar refractivity (Wildman–Crippen MR) is 124 cm³/mol. The van der Waals surface area contributed by atoms with Gasteiger partial charge in [-0.05, 0) is 68.0 Å². The summed E-state index contributed by atoms with van der Waals surface area (Å²) in [6.07, 6.45) is 3.94. The summed E-state index contributed by atoms with van der Waals surface area (Å²) < 4.78 is 11.3. The van der Waals surface area contributed by atoms with Crippen molar-refractivity contribution in [2.45, 2.75) is 38.8 Å². The van der Waals surface area contributed by atoms with Crippen LogP contribution in [-0.4, -0.2) is 18.5 Å². The minimum Gasteiger partial charge on any atom is -0.490 e. The summed E-state index contributed by atoms with van der Waals surface area (Å²) in [5, 5.41) is 7.49. The quantitative estimate of drug-likeness (QED) is 0.420. The maximum absolute atomic E-state index is 12.9. The first kappa shape index (κ1) is 20.6. The van der Waals surface area contributed by atoms with Crippen LogP contribution in [0.4, 0.5) is 5.00 Å². The summed E-state index contributed by atoms with van der Waals surface area (Å²) >= 11 is 1.69. The van der Waals surface area contributed by atoms with Crippen LogP contribution in [0.2, 0.25) is 0 Å². The summed E-state index contributed by atoms with van der Waals surface area (Å²) in [7, 11) is 0. The van der Waals surface area contributed by atoms with Gasteiger partial charge in [0.25, 0.3) is 5.91 Å². The number of anilines is 1. The Hall–Kier alpha value is -3.32. The van der Waals surface area contributed by atoms with Crippen LogP contribution in [0.3, 0.4) is 0 Å². The van der Waals surface area contributed by atoms with E-state index in [1.165, 1.54) is 16.9 Å². The van der Waals surface area contributed by atoms with E-state index < -0.39 is 5.97 Å². The van der Waals surface area contributed by atoms with Gasteiger partial charge in [-0.15, -0.1) is 11.3 Å². The van der Waals surface area contributed by atoms with Gasteiger partial charge in [0, 0.05) is 4.88 Å². The van der Waals surface area contributed by atoms with Gasteiger partial charge in [-0.25, -0.2) is 4.79 Å². The highest BCUT2D eigenvalue weighted by Gasteiger charge is 2.32. The summed E-state index contributed by atoms with van der Waals surface area (Å²) in [5.74, 6) is 0.318. The second kappa shape index (κ2) is 8.67. The van der Waals surface area contributed by atoms with E-state index in [0.29, 0.717) is 23.7 Å². The van der Waals surface area contributed by atoms with Crippen LogP contribution < -0.4 is 20.1 Å². The molecule has 2 aliphatic rings. The molecule has 0 spiro atoms. The van der Waals surface area contributed by atoms with E-state index >= 15 is 0 Å². The number of carbonyl (C=O) groups excluding carboxylic acids is 2. The molecule has 2 heterocycles. The lowest BCUT2D eigenvalue weighted by atomic mass is 9.94. The minimum atomic E-state index is -0.447. The first-order valence-corrected chi connectivity index (χ1v) is 11.7. The van der Waals surface area contributed by atoms with Gasteiger partial charge >= 0.3 is 5.97 Å². The number of nitrogens with one attached hydrogen (secondary N) is 2. The number of aryl methyl sites for hydroxylation is 1. The van der Waals surface area contributed by atoms with E-state index in [4.69, 9.17) is 9.47 Å². The molecule has 1 aliphatic heterocycles. The number of fused-ring (bicyclic) bond motifs is 3. The average Bonchev–Trinajstić information content (AvgIpc) is 3.20. The summed E-state index contributed by atoms with van der Waals surface area (Å²) in [5.41, 5.74) is 3.31. The van der Waals surface area contributed by atoms with Gasteiger partial charge < -0.3 is 20.1 Å². The molecule has 1 aromatic heterocycles. The van der Waals surface area contributed by atoms with Gasteiger partial charge in [0.05, 0.1) is 17.7 Å². The molecule has 7 heteroatoms. The second-order valence-corrected chi connectivity index (χ2v) is 8.97. The lowest BCUT2D eigenvalue weighted by Gasteiger charge is -2.27. The normalized spacial score (nSPS) is 16.9. The molecule has 0 fully saturated rings. The topological polar surface area (TPSA) is 76.7 Å². The SMILES string of the molecule is CCOc1cc([C@@H]2NC(=O)c3c(sc4c3CCCC4)N2)ccc1OC(=O)c1ccccc1. The van der Waals surface area contributed by atoms with Crippen LogP contribution in [0.1, 0.15) is 62.7 Å². The van der Waals surface area contributed by atoms with Crippen LogP contribution in [0.15, 0.2) is 48.5 Å². The van der Waals surface area contributed by atoms with Crippen molar-refractivity contribution in [3.63, 3.8) is 0 Å². The molecule has 1 aliphatic carbocycles. The highest BCUT2D eigenvalue weighted by atomic mass is 32.1. The third kappa shape index (κ3) is 3.84. The number of esters is 1. The standard InChI is InChI=1S/C25H24N2O4S/c1-2-30-19-14-16(12-13-18(19)31-25(29)15-8-4-3-5-9-15)22-26-23(28)21-17-10-6-7-11-20(17)32-24(21)27-22/h3-5,8-9,12-14,22,27H,2,6-7,10-11H2,1H3,(H,26,28)/t22-/m1/s1. The molecule has 32 heavy (non-hydrogen) atoms.